The van der Waals surface area contributed by atoms with E-state index in [9.17, 15) is 14.4 Å². The predicted molar refractivity (Wildman–Crippen MR) is 86.2 cm³/mol. The molecule has 1 atom stereocenters. The summed E-state index contributed by atoms with van der Waals surface area (Å²) in [6.07, 6.45) is 1.01. The maximum atomic E-state index is 13.1. The number of ether oxygens (including phenoxy) is 3. The van der Waals surface area contributed by atoms with Gasteiger partial charge in [-0.3, -0.25) is 19.3 Å². The molecule has 132 valence electrons. The number of Topliss-reactive ketones (excluding diaryl/α,β-unsaturated/α-hetero) is 1. The molecule has 25 heavy (non-hydrogen) atoms. The van der Waals surface area contributed by atoms with Crippen molar-refractivity contribution in [2.24, 2.45) is 0 Å². The lowest BCUT2D eigenvalue weighted by Crippen LogP contribution is -2.33. The van der Waals surface area contributed by atoms with Crippen LogP contribution in [0.2, 0.25) is 0 Å². The Hall–Kier alpha value is -2.83. The standard InChI is InChI=1S/C18H19NO6/c1-11(20)24-15-16(22)18(2,12-7-4-5-8-13(12)23-3)25-17(15)19-10-6-9-14(19)21/h4-5,7-8H,6,9-10H2,1-3H3. The molecule has 7 nitrogen and oxygen atoms in total. The molecule has 7 heteroatoms. The van der Waals surface area contributed by atoms with Gasteiger partial charge in [0.1, 0.15) is 5.75 Å². The van der Waals surface area contributed by atoms with Crippen LogP contribution in [0.5, 0.6) is 5.75 Å². The predicted octanol–water partition coefficient (Wildman–Crippen LogP) is 1.86. The molecule has 0 N–H and O–H groups in total. The molecular weight excluding hydrogens is 326 g/mol. The van der Waals surface area contributed by atoms with E-state index in [2.05, 4.69) is 0 Å². The van der Waals surface area contributed by atoms with E-state index in [1.807, 2.05) is 0 Å². The number of hydrogen-bond donors (Lipinski definition) is 0. The Kier molecular flexibility index (Phi) is 4.24. The van der Waals surface area contributed by atoms with Crippen LogP contribution in [-0.4, -0.2) is 36.2 Å². The first-order valence-electron chi connectivity index (χ1n) is 7.99. The highest BCUT2D eigenvalue weighted by Crippen LogP contribution is 2.44. The number of likely N-dealkylation sites (tertiary alicyclic amines) is 1. The lowest BCUT2D eigenvalue weighted by molar-refractivity contribution is -0.142. The van der Waals surface area contributed by atoms with E-state index in [1.54, 1.807) is 31.2 Å². The topological polar surface area (TPSA) is 82.1 Å². The molecule has 1 fully saturated rings. The minimum atomic E-state index is -1.45. The Labute approximate surface area is 145 Å². The molecule has 1 aromatic carbocycles. The van der Waals surface area contributed by atoms with E-state index < -0.39 is 17.4 Å². The van der Waals surface area contributed by atoms with Gasteiger partial charge in [0.05, 0.1) is 7.11 Å². The SMILES string of the molecule is COc1ccccc1C1(C)OC(N2CCCC2=O)=C(OC(C)=O)C1=O. The van der Waals surface area contributed by atoms with Gasteiger partial charge in [0.25, 0.3) is 5.78 Å². The third kappa shape index (κ3) is 2.75. The van der Waals surface area contributed by atoms with Crippen molar-refractivity contribution in [3.63, 3.8) is 0 Å². The summed E-state index contributed by atoms with van der Waals surface area (Å²) < 4.78 is 16.4. The van der Waals surface area contributed by atoms with E-state index in [-0.39, 0.29) is 17.5 Å². The second-order valence-corrected chi connectivity index (χ2v) is 6.04. The van der Waals surface area contributed by atoms with Crippen LogP contribution >= 0.6 is 0 Å². The summed E-state index contributed by atoms with van der Waals surface area (Å²) in [7, 11) is 1.49. The number of amides is 1. The van der Waals surface area contributed by atoms with Crippen molar-refractivity contribution < 1.29 is 28.6 Å². The maximum absolute atomic E-state index is 13.1. The molecule has 0 spiro atoms. The fraction of sp³-hybridized carbons (Fsp3) is 0.389. The number of benzene rings is 1. The van der Waals surface area contributed by atoms with Crippen LogP contribution < -0.4 is 4.74 Å². The zero-order valence-electron chi connectivity index (χ0n) is 14.3. The summed E-state index contributed by atoms with van der Waals surface area (Å²) in [6.45, 7) is 3.18. The summed E-state index contributed by atoms with van der Waals surface area (Å²) in [5, 5.41) is 0. The Bertz CT molecular complexity index is 784. The number of methoxy groups -OCH3 is 1. The quantitative estimate of drug-likeness (QED) is 0.775. The van der Waals surface area contributed by atoms with E-state index in [0.29, 0.717) is 30.7 Å². The first-order chi connectivity index (χ1) is 11.9. The highest BCUT2D eigenvalue weighted by atomic mass is 16.6. The minimum absolute atomic E-state index is 0.00361. The zero-order chi connectivity index (χ0) is 18.2. The van der Waals surface area contributed by atoms with Gasteiger partial charge in [-0.05, 0) is 19.4 Å². The van der Waals surface area contributed by atoms with Crippen molar-refractivity contribution in [1.29, 1.82) is 0 Å². The fourth-order valence-electron chi connectivity index (χ4n) is 3.09. The number of rotatable bonds is 4. The van der Waals surface area contributed by atoms with Gasteiger partial charge in [-0.1, -0.05) is 18.2 Å². The molecule has 2 heterocycles. The molecule has 1 amide bonds. The van der Waals surface area contributed by atoms with Crippen LogP contribution in [0.25, 0.3) is 0 Å². The monoisotopic (exact) mass is 345 g/mol. The number of ketones is 1. The molecule has 1 saturated heterocycles. The second kappa shape index (κ2) is 6.23. The number of carbonyl (C=O) groups excluding carboxylic acids is 3. The highest BCUT2D eigenvalue weighted by molar-refractivity contribution is 6.05. The van der Waals surface area contributed by atoms with Gasteiger partial charge in [-0.15, -0.1) is 0 Å². The molecule has 0 aromatic heterocycles. The Morgan fingerprint density at radius 3 is 2.60 bits per heavy atom. The highest BCUT2D eigenvalue weighted by Gasteiger charge is 2.53. The number of para-hydroxylation sites is 1. The lowest BCUT2D eigenvalue weighted by atomic mass is 9.91. The van der Waals surface area contributed by atoms with Crippen molar-refractivity contribution in [3.8, 4) is 5.75 Å². The van der Waals surface area contributed by atoms with E-state index >= 15 is 0 Å². The molecular formula is C18H19NO6. The number of esters is 1. The van der Waals surface area contributed by atoms with Crippen LogP contribution in [0.4, 0.5) is 0 Å². The van der Waals surface area contributed by atoms with Gasteiger partial charge in [0, 0.05) is 25.5 Å². The minimum Gasteiger partial charge on any atom is -0.496 e. The normalized spacial score (nSPS) is 23.1. The van der Waals surface area contributed by atoms with Crippen LogP contribution in [-0.2, 0) is 29.5 Å². The van der Waals surface area contributed by atoms with Crippen molar-refractivity contribution in [3.05, 3.63) is 41.5 Å². The van der Waals surface area contributed by atoms with E-state index in [1.165, 1.54) is 18.9 Å². The Balaban J connectivity index is 2.07. The molecule has 3 rings (SSSR count). The zero-order valence-corrected chi connectivity index (χ0v) is 14.3. The van der Waals surface area contributed by atoms with Crippen molar-refractivity contribution in [1.82, 2.24) is 4.90 Å². The van der Waals surface area contributed by atoms with E-state index in [4.69, 9.17) is 14.2 Å². The van der Waals surface area contributed by atoms with Crippen molar-refractivity contribution in [2.75, 3.05) is 13.7 Å². The molecule has 2 aliphatic heterocycles. The summed E-state index contributed by atoms with van der Waals surface area (Å²) in [4.78, 5) is 38.0. The second-order valence-electron chi connectivity index (χ2n) is 6.04. The van der Waals surface area contributed by atoms with Gasteiger partial charge in [0.15, 0.2) is 0 Å². The third-order valence-electron chi connectivity index (χ3n) is 4.32. The number of hydrogen-bond acceptors (Lipinski definition) is 6. The maximum Gasteiger partial charge on any atom is 0.308 e. The molecule has 2 aliphatic rings. The van der Waals surface area contributed by atoms with Gasteiger partial charge in [0.2, 0.25) is 23.2 Å². The molecule has 1 unspecified atom stereocenters. The molecule has 1 aromatic rings. The smallest absolute Gasteiger partial charge is 0.308 e. The van der Waals surface area contributed by atoms with Crippen LogP contribution in [0.1, 0.15) is 32.3 Å². The third-order valence-corrected chi connectivity index (χ3v) is 4.32. The number of nitrogens with zero attached hydrogens (tertiary/aromatic N) is 1. The van der Waals surface area contributed by atoms with Crippen molar-refractivity contribution in [2.45, 2.75) is 32.3 Å². The van der Waals surface area contributed by atoms with Crippen LogP contribution in [0.15, 0.2) is 35.9 Å². The largest absolute Gasteiger partial charge is 0.496 e. The van der Waals surface area contributed by atoms with E-state index in [0.717, 1.165) is 0 Å². The van der Waals surface area contributed by atoms with Crippen LogP contribution in [0, 0.1) is 0 Å². The van der Waals surface area contributed by atoms with Gasteiger partial charge < -0.3 is 14.2 Å². The van der Waals surface area contributed by atoms with Gasteiger partial charge >= 0.3 is 5.97 Å². The molecule has 0 saturated carbocycles. The summed E-state index contributed by atoms with van der Waals surface area (Å²) in [6, 6.07) is 6.94. The summed E-state index contributed by atoms with van der Waals surface area (Å²) in [5.41, 5.74) is -0.955. The van der Waals surface area contributed by atoms with Gasteiger partial charge in [-0.2, -0.15) is 0 Å². The Morgan fingerprint density at radius 1 is 1.28 bits per heavy atom. The summed E-state index contributed by atoms with van der Waals surface area (Å²) >= 11 is 0. The number of carbonyl (C=O) groups is 3. The Morgan fingerprint density at radius 2 is 2.00 bits per heavy atom. The van der Waals surface area contributed by atoms with Crippen molar-refractivity contribution >= 4 is 17.7 Å². The average Bonchev–Trinajstić information content (AvgIpc) is 3.11. The molecule has 0 bridgehead atoms. The summed E-state index contributed by atoms with van der Waals surface area (Å²) in [5.74, 6) is -1.12. The first kappa shape index (κ1) is 17.0. The average molecular weight is 345 g/mol. The van der Waals surface area contributed by atoms with Gasteiger partial charge in [-0.25, -0.2) is 0 Å². The first-order valence-corrected chi connectivity index (χ1v) is 7.99. The van der Waals surface area contributed by atoms with Crippen LogP contribution in [0.3, 0.4) is 0 Å². The molecule has 0 aliphatic carbocycles. The lowest BCUT2D eigenvalue weighted by Gasteiger charge is -2.27. The molecule has 0 radical (unpaired) electrons. The fourth-order valence-corrected chi connectivity index (χ4v) is 3.09.